The van der Waals surface area contributed by atoms with Gasteiger partial charge in [0, 0.05) is 26.2 Å². The van der Waals surface area contributed by atoms with Crippen LogP contribution in [0.25, 0.3) is 0 Å². The van der Waals surface area contributed by atoms with Crippen molar-refractivity contribution in [3.8, 4) is 0 Å². The third-order valence-electron chi connectivity index (χ3n) is 4.01. The lowest BCUT2D eigenvalue weighted by Gasteiger charge is -2.34. The zero-order valence-electron chi connectivity index (χ0n) is 11.6. The number of rotatable bonds is 3. The van der Waals surface area contributed by atoms with E-state index in [4.69, 9.17) is 0 Å². The zero-order valence-corrected chi connectivity index (χ0v) is 12.4. The molecule has 19 heavy (non-hydrogen) atoms. The first-order valence-electron chi connectivity index (χ1n) is 6.79. The minimum absolute atomic E-state index is 0.0556. The molecule has 2 aliphatic heterocycles. The standard InChI is InChI=1S/C12H23N3O3S/c1-10(15-6-4-13-5-7-15)11(16)14-12(2)3-8-19(17,18)9-12/h10,13H,3-9H2,1-2H3,(H,14,16). The molecule has 0 spiro atoms. The van der Waals surface area contributed by atoms with Gasteiger partial charge in [-0.05, 0) is 20.3 Å². The Bertz CT molecular complexity index is 445. The molecule has 2 heterocycles. The molecular formula is C12H23N3O3S. The summed E-state index contributed by atoms with van der Waals surface area (Å²) >= 11 is 0. The van der Waals surface area contributed by atoms with Crippen LogP contribution in [-0.4, -0.2) is 68.5 Å². The second-order valence-electron chi connectivity index (χ2n) is 5.85. The van der Waals surface area contributed by atoms with Crippen LogP contribution in [0.3, 0.4) is 0 Å². The van der Waals surface area contributed by atoms with Crippen LogP contribution in [0.15, 0.2) is 0 Å². The smallest absolute Gasteiger partial charge is 0.237 e. The minimum atomic E-state index is -2.99. The minimum Gasteiger partial charge on any atom is -0.349 e. The summed E-state index contributed by atoms with van der Waals surface area (Å²) in [6.07, 6.45) is 0.509. The number of carbonyl (C=O) groups is 1. The van der Waals surface area contributed by atoms with E-state index in [2.05, 4.69) is 15.5 Å². The van der Waals surface area contributed by atoms with Gasteiger partial charge in [-0.2, -0.15) is 0 Å². The molecule has 2 fully saturated rings. The molecule has 0 aliphatic carbocycles. The quantitative estimate of drug-likeness (QED) is 0.695. The lowest BCUT2D eigenvalue weighted by Crippen LogP contribution is -2.57. The lowest BCUT2D eigenvalue weighted by molar-refractivity contribution is -0.127. The summed E-state index contributed by atoms with van der Waals surface area (Å²) in [5.41, 5.74) is -0.599. The van der Waals surface area contributed by atoms with Crippen molar-refractivity contribution in [2.75, 3.05) is 37.7 Å². The van der Waals surface area contributed by atoms with Crippen molar-refractivity contribution in [3.63, 3.8) is 0 Å². The molecule has 2 saturated heterocycles. The summed E-state index contributed by atoms with van der Waals surface area (Å²) in [6.45, 7) is 7.19. The first-order chi connectivity index (χ1) is 8.81. The normalized spacial score (nSPS) is 32.9. The summed E-state index contributed by atoms with van der Waals surface area (Å²) in [6, 6.07) is -0.206. The van der Waals surface area contributed by atoms with Crippen LogP contribution in [0.2, 0.25) is 0 Å². The number of hydrogen-bond donors (Lipinski definition) is 2. The molecule has 1 amide bonds. The molecule has 0 aromatic carbocycles. The highest BCUT2D eigenvalue weighted by atomic mass is 32.2. The molecule has 6 nitrogen and oxygen atoms in total. The molecule has 2 atom stereocenters. The average Bonchev–Trinajstić information content (AvgIpc) is 2.63. The van der Waals surface area contributed by atoms with Crippen LogP contribution < -0.4 is 10.6 Å². The number of nitrogens with zero attached hydrogens (tertiary/aromatic N) is 1. The third kappa shape index (κ3) is 3.67. The molecule has 2 unspecified atom stereocenters. The van der Waals surface area contributed by atoms with Gasteiger partial charge in [-0.15, -0.1) is 0 Å². The van der Waals surface area contributed by atoms with Crippen LogP contribution in [0.5, 0.6) is 0 Å². The molecular weight excluding hydrogens is 266 g/mol. The molecule has 0 saturated carbocycles. The van der Waals surface area contributed by atoms with Gasteiger partial charge in [0.25, 0.3) is 0 Å². The van der Waals surface area contributed by atoms with Gasteiger partial charge >= 0.3 is 0 Å². The van der Waals surface area contributed by atoms with Gasteiger partial charge in [0.2, 0.25) is 5.91 Å². The molecule has 110 valence electrons. The molecule has 0 bridgehead atoms. The fourth-order valence-corrected chi connectivity index (χ4v) is 4.84. The third-order valence-corrected chi connectivity index (χ3v) is 5.91. The Morgan fingerprint density at radius 2 is 2.00 bits per heavy atom. The van der Waals surface area contributed by atoms with Crippen molar-refractivity contribution in [1.29, 1.82) is 0 Å². The van der Waals surface area contributed by atoms with Crippen LogP contribution in [0, 0.1) is 0 Å². The average molecular weight is 289 g/mol. The number of sulfone groups is 1. The van der Waals surface area contributed by atoms with Crippen molar-refractivity contribution in [2.45, 2.75) is 31.8 Å². The molecule has 2 aliphatic rings. The van der Waals surface area contributed by atoms with Crippen molar-refractivity contribution in [1.82, 2.24) is 15.5 Å². The highest BCUT2D eigenvalue weighted by molar-refractivity contribution is 7.91. The molecule has 0 aromatic heterocycles. The molecule has 0 aromatic rings. The highest BCUT2D eigenvalue weighted by Crippen LogP contribution is 2.23. The first-order valence-corrected chi connectivity index (χ1v) is 8.61. The van der Waals surface area contributed by atoms with E-state index in [1.165, 1.54) is 0 Å². The van der Waals surface area contributed by atoms with E-state index in [1.54, 1.807) is 0 Å². The zero-order chi connectivity index (χ0) is 14.1. The van der Waals surface area contributed by atoms with E-state index < -0.39 is 15.4 Å². The fraction of sp³-hybridized carbons (Fsp3) is 0.917. The predicted molar refractivity (Wildman–Crippen MR) is 73.7 cm³/mol. The number of nitrogens with one attached hydrogen (secondary N) is 2. The maximum absolute atomic E-state index is 12.2. The SMILES string of the molecule is CC(C(=O)NC1(C)CCS(=O)(=O)C1)N1CCNCC1. The number of carbonyl (C=O) groups excluding carboxylic acids is 1. The van der Waals surface area contributed by atoms with Crippen molar-refractivity contribution in [3.05, 3.63) is 0 Å². The van der Waals surface area contributed by atoms with Gasteiger partial charge < -0.3 is 10.6 Å². The molecule has 2 rings (SSSR count). The monoisotopic (exact) mass is 289 g/mol. The molecule has 7 heteroatoms. The second-order valence-corrected chi connectivity index (χ2v) is 8.04. The maximum Gasteiger partial charge on any atom is 0.237 e. The Morgan fingerprint density at radius 1 is 1.37 bits per heavy atom. The van der Waals surface area contributed by atoms with Crippen LogP contribution >= 0.6 is 0 Å². The van der Waals surface area contributed by atoms with Gasteiger partial charge in [-0.3, -0.25) is 9.69 Å². The summed E-state index contributed by atoms with van der Waals surface area (Å²) in [5.74, 6) is 0.160. The van der Waals surface area contributed by atoms with Gasteiger partial charge in [0.15, 0.2) is 9.84 Å². The van der Waals surface area contributed by atoms with Gasteiger partial charge in [0.05, 0.1) is 23.1 Å². The Hall–Kier alpha value is -0.660. The van der Waals surface area contributed by atoms with Crippen LogP contribution in [0.4, 0.5) is 0 Å². The fourth-order valence-electron chi connectivity index (χ4n) is 2.75. The number of hydrogen-bond acceptors (Lipinski definition) is 5. The second kappa shape index (κ2) is 5.38. The molecule has 0 radical (unpaired) electrons. The van der Waals surface area contributed by atoms with E-state index in [1.807, 2.05) is 13.8 Å². The topological polar surface area (TPSA) is 78.5 Å². The largest absolute Gasteiger partial charge is 0.349 e. The van der Waals surface area contributed by atoms with Gasteiger partial charge in [0.1, 0.15) is 0 Å². The van der Waals surface area contributed by atoms with E-state index in [0.717, 1.165) is 26.2 Å². The first kappa shape index (κ1) is 14.7. The van der Waals surface area contributed by atoms with Crippen LogP contribution in [0.1, 0.15) is 20.3 Å². The highest BCUT2D eigenvalue weighted by Gasteiger charge is 2.40. The molecule has 2 N–H and O–H groups in total. The van der Waals surface area contributed by atoms with Crippen molar-refractivity contribution < 1.29 is 13.2 Å². The Kier molecular flexibility index (Phi) is 4.17. The summed E-state index contributed by atoms with van der Waals surface area (Å²) in [4.78, 5) is 14.4. The van der Waals surface area contributed by atoms with E-state index >= 15 is 0 Å². The summed E-state index contributed by atoms with van der Waals surface area (Å²) in [7, 11) is -2.99. The summed E-state index contributed by atoms with van der Waals surface area (Å²) in [5, 5.41) is 6.17. The Morgan fingerprint density at radius 3 is 2.53 bits per heavy atom. The van der Waals surface area contributed by atoms with Crippen molar-refractivity contribution in [2.24, 2.45) is 0 Å². The van der Waals surface area contributed by atoms with Gasteiger partial charge in [-0.25, -0.2) is 8.42 Å². The van der Waals surface area contributed by atoms with Crippen LogP contribution in [-0.2, 0) is 14.6 Å². The van der Waals surface area contributed by atoms with E-state index in [-0.39, 0.29) is 23.5 Å². The maximum atomic E-state index is 12.2. The summed E-state index contributed by atoms with van der Waals surface area (Å²) < 4.78 is 23.1. The Labute approximate surface area is 114 Å². The number of piperazine rings is 1. The van der Waals surface area contributed by atoms with E-state index in [0.29, 0.717) is 6.42 Å². The lowest BCUT2D eigenvalue weighted by atomic mass is 10.0. The Balaban J connectivity index is 1.93. The number of amides is 1. The van der Waals surface area contributed by atoms with Crippen molar-refractivity contribution >= 4 is 15.7 Å². The van der Waals surface area contributed by atoms with Gasteiger partial charge in [-0.1, -0.05) is 0 Å². The van der Waals surface area contributed by atoms with E-state index in [9.17, 15) is 13.2 Å². The predicted octanol–water partition coefficient (Wildman–Crippen LogP) is -1.03.